The van der Waals surface area contributed by atoms with Crippen molar-refractivity contribution in [3.05, 3.63) is 0 Å². The molecule has 0 heterocycles. The van der Waals surface area contributed by atoms with Gasteiger partial charge in [0.15, 0.2) is 0 Å². The van der Waals surface area contributed by atoms with Gasteiger partial charge in [-0.05, 0) is 46.2 Å². The van der Waals surface area contributed by atoms with E-state index in [0.29, 0.717) is 6.04 Å². The molecule has 96 valence electrons. The molecule has 0 bridgehead atoms. The maximum atomic E-state index is 3.69. The lowest BCUT2D eigenvalue weighted by atomic mass is 9.88. The lowest BCUT2D eigenvalue weighted by Crippen LogP contribution is -2.54. The molecule has 0 radical (unpaired) electrons. The van der Waals surface area contributed by atoms with E-state index in [-0.39, 0.29) is 0 Å². The second-order valence-electron chi connectivity index (χ2n) is 5.35. The van der Waals surface area contributed by atoms with Crippen LogP contribution in [0.15, 0.2) is 0 Å². The van der Waals surface area contributed by atoms with Crippen LogP contribution in [0.25, 0.3) is 0 Å². The number of likely N-dealkylation sites (N-methyl/N-ethyl adjacent to an activating group) is 1. The van der Waals surface area contributed by atoms with Crippen LogP contribution in [0.2, 0.25) is 0 Å². The Morgan fingerprint density at radius 1 is 1.19 bits per heavy atom. The highest BCUT2D eigenvalue weighted by atomic mass is 15.2. The molecule has 0 aromatic heterocycles. The topological polar surface area (TPSA) is 15.3 Å². The van der Waals surface area contributed by atoms with Crippen molar-refractivity contribution in [2.24, 2.45) is 0 Å². The van der Waals surface area contributed by atoms with Gasteiger partial charge >= 0.3 is 0 Å². The molecule has 0 amide bonds. The molecule has 1 rings (SSSR count). The van der Waals surface area contributed by atoms with Gasteiger partial charge in [0.05, 0.1) is 0 Å². The molecule has 0 aliphatic heterocycles. The summed E-state index contributed by atoms with van der Waals surface area (Å²) in [6.07, 6.45) is 6.85. The smallest absolute Gasteiger partial charge is 0.0252 e. The molecule has 0 aromatic carbocycles. The minimum Gasteiger partial charge on any atom is -0.313 e. The Bertz CT molecular complexity index is 178. The maximum absolute atomic E-state index is 3.69. The first-order valence-corrected chi connectivity index (χ1v) is 7.19. The van der Waals surface area contributed by atoms with Gasteiger partial charge in [0.1, 0.15) is 0 Å². The van der Waals surface area contributed by atoms with Crippen molar-refractivity contribution >= 4 is 0 Å². The van der Waals surface area contributed by atoms with E-state index in [1.54, 1.807) is 0 Å². The Labute approximate surface area is 102 Å². The average Bonchev–Trinajstić information content (AvgIpc) is 2.27. The molecule has 1 N–H and O–H groups in total. The molecule has 0 spiro atoms. The molecular weight excluding hydrogens is 196 g/mol. The normalized spacial score (nSPS) is 26.6. The molecule has 16 heavy (non-hydrogen) atoms. The zero-order chi connectivity index (χ0) is 12.0. The van der Waals surface area contributed by atoms with Crippen molar-refractivity contribution in [3.8, 4) is 0 Å². The Morgan fingerprint density at radius 2 is 1.88 bits per heavy atom. The fourth-order valence-corrected chi connectivity index (χ4v) is 3.07. The minimum absolute atomic E-state index is 0.684. The summed E-state index contributed by atoms with van der Waals surface area (Å²) < 4.78 is 0. The zero-order valence-corrected chi connectivity index (χ0v) is 11.6. The van der Waals surface area contributed by atoms with E-state index < -0.39 is 0 Å². The summed E-state index contributed by atoms with van der Waals surface area (Å²) in [5.74, 6) is 0. The third kappa shape index (κ3) is 3.74. The maximum Gasteiger partial charge on any atom is 0.0252 e. The summed E-state index contributed by atoms with van der Waals surface area (Å²) in [7, 11) is 0. The van der Waals surface area contributed by atoms with Gasteiger partial charge in [0, 0.05) is 18.1 Å². The number of nitrogens with one attached hydrogen (secondary N) is 1. The van der Waals surface area contributed by atoms with Crippen LogP contribution in [0.5, 0.6) is 0 Å². The first-order valence-electron chi connectivity index (χ1n) is 7.19. The van der Waals surface area contributed by atoms with Crippen LogP contribution in [0, 0.1) is 0 Å². The fraction of sp³-hybridized carbons (Fsp3) is 1.00. The molecular formula is C14H30N2. The highest BCUT2D eigenvalue weighted by Crippen LogP contribution is 2.25. The van der Waals surface area contributed by atoms with E-state index >= 15 is 0 Å². The first kappa shape index (κ1) is 14.0. The third-order valence-corrected chi connectivity index (χ3v) is 3.77. The Morgan fingerprint density at radius 3 is 2.44 bits per heavy atom. The van der Waals surface area contributed by atoms with Gasteiger partial charge in [0.2, 0.25) is 0 Å². The van der Waals surface area contributed by atoms with E-state index in [4.69, 9.17) is 0 Å². The first-order chi connectivity index (χ1) is 7.70. The van der Waals surface area contributed by atoms with E-state index in [1.165, 1.54) is 38.6 Å². The summed E-state index contributed by atoms with van der Waals surface area (Å²) in [4.78, 5) is 2.71. The summed E-state index contributed by atoms with van der Waals surface area (Å²) in [6, 6.07) is 2.19. The molecule has 2 unspecified atom stereocenters. The van der Waals surface area contributed by atoms with Crippen LogP contribution in [0.4, 0.5) is 0 Å². The van der Waals surface area contributed by atoms with E-state index in [1.807, 2.05) is 0 Å². The van der Waals surface area contributed by atoms with Crippen LogP contribution in [0.3, 0.4) is 0 Å². The quantitative estimate of drug-likeness (QED) is 0.749. The Hall–Kier alpha value is -0.0800. The van der Waals surface area contributed by atoms with Crippen molar-refractivity contribution < 1.29 is 0 Å². The van der Waals surface area contributed by atoms with Crippen molar-refractivity contribution in [1.29, 1.82) is 0 Å². The van der Waals surface area contributed by atoms with Crippen LogP contribution >= 0.6 is 0 Å². The second-order valence-corrected chi connectivity index (χ2v) is 5.35. The number of hydrogen-bond acceptors (Lipinski definition) is 2. The van der Waals surface area contributed by atoms with Gasteiger partial charge < -0.3 is 5.32 Å². The third-order valence-electron chi connectivity index (χ3n) is 3.77. The summed E-state index contributed by atoms with van der Waals surface area (Å²) in [5.41, 5.74) is 0. The molecule has 2 heteroatoms. The lowest BCUT2D eigenvalue weighted by Gasteiger charge is -2.42. The van der Waals surface area contributed by atoms with E-state index in [2.05, 4.69) is 37.9 Å². The molecule has 1 saturated carbocycles. The number of hydrogen-bond donors (Lipinski definition) is 1. The van der Waals surface area contributed by atoms with Gasteiger partial charge in [-0.3, -0.25) is 4.90 Å². The minimum atomic E-state index is 0.684. The molecule has 1 fully saturated rings. The number of nitrogens with zero attached hydrogens (tertiary/aromatic N) is 1. The molecule has 1 aliphatic carbocycles. The van der Waals surface area contributed by atoms with Gasteiger partial charge in [-0.1, -0.05) is 26.7 Å². The van der Waals surface area contributed by atoms with Gasteiger partial charge in [-0.2, -0.15) is 0 Å². The van der Waals surface area contributed by atoms with Crippen LogP contribution in [0.1, 0.15) is 59.8 Å². The Balaban J connectivity index is 2.62. The summed E-state index contributed by atoms with van der Waals surface area (Å²) in [6.45, 7) is 11.6. The highest BCUT2D eigenvalue weighted by molar-refractivity contribution is 4.89. The van der Waals surface area contributed by atoms with Crippen molar-refractivity contribution in [2.75, 3.05) is 13.1 Å². The van der Waals surface area contributed by atoms with Gasteiger partial charge in [-0.25, -0.2) is 0 Å². The number of rotatable bonds is 6. The molecule has 2 atom stereocenters. The largest absolute Gasteiger partial charge is 0.313 e. The lowest BCUT2D eigenvalue weighted by molar-refractivity contribution is 0.0924. The highest BCUT2D eigenvalue weighted by Gasteiger charge is 2.30. The average molecular weight is 226 g/mol. The van der Waals surface area contributed by atoms with Crippen molar-refractivity contribution in [1.82, 2.24) is 10.2 Å². The van der Waals surface area contributed by atoms with Crippen molar-refractivity contribution in [2.45, 2.75) is 77.9 Å². The Kier molecular flexibility index (Phi) is 6.37. The zero-order valence-electron chi connectivity index (χ0n) is 11.6. The van der Waals surface area contributed by atoms with Gasteiger partial charge in [0.25, 0.3) is 0 Å². The molecule has 2 nitrogen and oxygen atoms in total. The second kappa shape index (κ2) is 7.29. The van der Waals surface area contributed by atoms with Crippen LogP contribution < -0.4 is 5.32 Å². The van der Waals surface area contributed by atoms with E-state index in [0.717, 1.165) is 18.6 Å². The predicted molar refractivity (Wildman–Crippen MR) is 71.9 cm³/mol. The standard InChI is InChI=1S/C14H30N2/c1-5-11-16(12(3)4)14-10-8-7-9-13(14)15-6-2/h12-15H,5-11H2,1-4H3. The summed E-state index contributed by atoms with van der Waals surface area (Å²) in [5, 5.41) is 3.69. The van der Waals surface area contributed by atoms with Crippen LogP contribution in [-0.2, 0) is 0 Å². The van der Waals surface area contributed by atoms with Gasteiger partial charge in [-0.15, -0.1) is 0 Å². The van der Waals surface area contributed by atoms with Crippen LogP contribution in [-0.4, -0.2) is 36.1 Å². The predicted octanol–water partition coefficient (Wildman–Crippen LogP) is 3.03. The monoisotopic (exact) mass is 226 g/mol. The van der Waals surface area contributed by atoms with Crippen molar-refractivity contribution in [3.63, 3.8) is 0 Å². The molecule has 0 saturated heterocycles. The SMILES string of the molecule is CCCN(C(C)C)C1CCCCC1NCC. The summed E-state index contributed by atoms with van der Waals surface area (Å²) >= 11 is 0. The fourth-order valence-electron chi connectivity index (χ4n) is 3.07. The molecule has 1 aliphatic rings. The molecule has 0 aromatic rings. The van der Waals surface area contributed by atoms with E-state index in [9.17, 15) is 0 Å².